The van der Waals surface area contributed by atoms with Gasteiger partial charge in [-0.2, -0.15) is 9.61 Å². The van der Waals surface area contributed by atoms with Gasteiger partial charge in [0.25, 0.3) is 0 Å². The average molecular weight is 246 g/mol. The number of rotatable bonds is 1. The molecule has 0 unspecified atom stereocenters. The van der Waals surface area contributed by atoms with Gasteiger partial charge in [0.05, 0.1) is 11.9 Å². The molecule has 0 bridgehead atoms. The molecular formula is C11H8ClN5. The number of anilines is 1. The predicted octanol–water partition coefficient (Wildman–Crippen LogP) is 2.03. The highest BCUT2D eigenvalue weighted by atomic mass is 35.5. The maximum Gasteiger partial charge on any atom is 0.198 e. The molecule has 5 nitrogen and oxygen atoms in total. The van der Waals surface area contributed by atoms with Crippen molar-refractivity contribution in [2.45, 2.75) is 0 Å². The first-order valence-electron chi connectivity index (χ1n) is 4.98. The fraction of sp³-hybridized carbons (Fsp3) is 0. The second-order valence-corrected chi connectivity index (χ2v) is 3.92. The molecule has 0 fully saturated rings. The van der Waals surface area contributed by atoms with E-state index in [9.17, 15) is 0 Å². The standard InChI is InChI=1S/C11H8ClN5/c12-9-8(13)6-14-17-10(15-16-11(9)17)7-4-2-1-3-5-7/h1-6H,13H2. The third-order valence-electron chi connectivity index (χ3n) is 2.43. The molecule has 0 saturated carbocycles. The van der Waals surface area contributed by atoms with E-state index in [2.05, 4.69) is 15.3 Å². The summed E-state index contributed by atoms with van der Waals surface area (Å²) in [6.45, 7) is 0. The van der Waals surface area contributed by atoms with Gasteiger partial charge in [-0.25, -0.2) is 0 Å². The lowest BCUT2D eigenvalue weighted by Gasteiger charge is -2.00. The predicted molar refractivity (Wildman–Crippen MR) is 65.6 cm³/mol. The van der Waals surface area contributed by atoms with Gasteiger partial charge >= 0.3 is 0 Å². The summed E-state index contributed by atoms with van der Waals surface area (Å²) >= 11 is 6.04. The normalized spacial score (nSPS) is 10.9. The molecule has 3 aromatic rings. The lowest BCUT2D eigenvalue weighted by molar-refractivity contribution is 0.938. The van der Waals surface area contributed by atoms with Crippen LogP contribution in [0, 0.1) is 0 Å². The molecule has 0 aliphatic rings. The number of nitrogen functional groups attached to an aromatic ring is 1. The van der Waals surface area contributed by atoms with Gasteiger partial charge in [-0.3, -0.25) is 0 Å². The van der Waals surface area contributed by atoms with E-state index in [0.717, 1.165) is 5.56 Å². The zero-order valence-electron chi connectivity index (χ0n) is 8.71. The smallest absolute Gasteiger partial charge is 0.198 e. The molecule has 0 radical (unpaired) electrons. The third kappa shape index (κ3) is 1.52. The Labute approximate surface area is 102 Å². The molecule has 0 spiro atoms. The third-order valence-corrected chi connectivity index (χ3v) is 2.82. The zero-order chi connectivity index (χ0) is 11.8. The van der Waals surface area contributed by atoms with Crippen LogP contribution in [-0.4, -0.2) is 19.8 Å². The number of aromatic nitrogens is 4. The summed E-state index contributed by atoms with van der Waals surface area (Å²) in [6, 6.07) is 9.65. The van der Waals surface area contributed by atoms with Crippen LogP contribution < -0.4 is 5.73 Å². The molecule has 2 N–H and O–H groups in total. The highest BCUT2D eigenvalue weighted by molar-refractivity contribution is 6.35. The number of nitrogens with two attached hydrogens (primary N) is 1. The Balaban J connectivity index is 2.30. The Bertz CT molecular complexity index is 677. The largest absolute Gasteiger partial charge is 0.396 e. The van der Waals surface area contributed by atoms with Crippen LogP contribution in [0.4, 0.5) is 5.69 Å². The highest BCUT2D eigenvalue weighted by Crippen LogP contribution is 2.24. The van der Waals surface area contributed by atoms with Crippen molar-refractivity contribution < 1.29 is 0 Å². The van der Waals surface area contributed by atoms with Crippen molar-refractivity contribution >= 4 is 22.9 Å². The van der Waals surface area contributed by atoms with Gasteiger partial charge in [0.1, 0.15) is 5.02 Å². The van der Waals surface area contributed by atoms with Crippen molar-refractivity contribution in [1.82, 2.24) is 19.8 Å². The van der Waals surface area contributed by atoms with Crippen molar-refractivity contribution in [2.75, 3.05) is 5.73 Å². The molecule has 0 atom stereocenters. The SMILES string of the molecule is Nc1cnn2c(-c3ccccc3)nnc2c1Cl. The summed E-state index contributed by atoms with van der Waals surface area (Å²) in [5.41, 5.74) is 7.44. The fourth-order valence-electron chi connectivity index (χ4n) is 1.60. The first-order chi connectivity index (χ1) is 8.27. The van der Waals surface area contributed by atoms with Crippen LogP contribution in [0.1, 0.15) is 0 Å². The Morgan fingerprint density at radius 3 is 2.65 bits per heavy atom. The average Bonchev–Trinajstić information content (AvgIpc) is 2.79. The van der Waals surface area contributed by atoms with Crippen molar-refractivity contribution in [3.8, 4) is 11.4 Å². The highest BCUT2D eigenvalue weighted by Gasteiger charge is 2.12. The first kappa shape index (κ1) is 10.0. The van der Waals surface area contributed by atoms with Crippen LogP contribution in [0.3, 0.4) is 0 Å². The maximum absolute atomic E-state index is 6.04. The summed E-state index contributed by atoms with van der Waals surface area (Å²) < 4.78 is 1.58. The summed E-state index contributed by atoms with van der Waals surface area (Å²) in [7, 11) is 0. The van der Waals surface area contributed by atoms with E-state index >= 15 is 0 Å². The molecule has 3 rings (SSSR count). The number of nitrogens with zero attached hydrogens (tertiary/aromatic N) is 4. The Kier molecular flexibility index (Phi) is 2.19. The lowest BCUT2D eigenvalue weighted by atomic mass is 10.2. The van der Waals surface area contributed by atoms with Crippen LogP contribution in [0.5, 0.6) is 0 Å². The lowest BCUT2D eigenvalue weighted by Crippen LogP contribution is -1.98. The zero-order valence-corrected chi connectivity index (χ0v) is 9.46. The van der Waals surface area contributed by atoms with E-state index in [4.69, 9.17) is 17.3 Å². The van der Waals surface area contributed by atoms with Crippen molar-refractivity contribution in [1.29, 1.82) is 0 Å². The van der Waals surface area contributed by atoms with Gasteiger partial charge in [-0.1, -0.05) is 41.9 Å². The van der Waals surface area contributed by atoms with E-state index in [1.54, 1.807) is 4.52 Å². The minimum atomic E-state index is 0.370. The van der Waals surface area contributed by atoms with Crippen molar-refractivity contribution in [3.05, 3.63) is 41.6 Å². The second-order valence-electron chi connectivity index (χ2n) is 3.54. The second kappa shape index (κ2) is 3.71. The Hall–Kier alpha value is -2.14. The van der Waals surface area contributed by atoms with Crippen molar-refractivity contribution in [3.63, 3.8) is 0 Å². The summed E-state index contributed by atoms with van der Waals surface area (Å²) in [6.07, 6.45) is 1.49. The number of hydrogen-bond donors (Lipinski definition) is 1. The van der Waals surface area contributed by atoms with Gasteiger partial charge in [0, 0.05) is 5.56 Å². The Morgan fingerprint density at radius 2 is 1.88 bits per heavy atom. The molecule has 2 heterocycles. The van der Waals surface area contributed by atoms with Crippen LogP contribution >= 0.6 is 11.6 Å². The molecule has 6 heteroatoms. The van der Waals surface area contributed by atoms with Crippen LogP contribution in [0.2, 0.25) is 5.02 Å². The van der Waals surface area contributed by atoms with E-state index in [0.29, 0.717) is 22.2 Å². The molecule has 0 aliphatic carbocycles. The summed E-state index contributed by atoms with van der Waals surface area (Å²) in [5, 5.41) is 12.6. The quantitative estimate of drug-likeness (QED) is 0.712. The van der Waals surface area contributed by atoms with E-state index in [1.807, 2.05) is 30.3 Å². The minimum Gasteiger partial charge on any atom is -0.396 e. The van der Waals surface area contributed by atoms with Crippen LogP contribution in [0.25, 0.3) is 17.0 Å². The summed E-state index contributed by atoms with van der Waals surface area (Å²) in [5.74, 6) is 0.641. The van der Waals surface area contributed by atoms with Gasteiger partial charge in [0.15, 0.2) is 11.5 Å². The van der Waals surface area contributed by atoms with Crippen molar-refractivity contribution in [2.24, 2.45) is 0 Å². The number of hydrogen-bond acceptors (Lipinski definition) is 4. The molecule has 0 saturated heterocycles. The van der Waals surface area contributed by atoms with Gasteiger partial charge < -0.3 is 5.73 Å². The monoisotopic (exact) mass is 245 g/mol. The van der Waals surface area contributed by atoms with Crippen LogP contribution in [0.15, 0.2) is 36.5 Å². The molecule has 2 aromatic heterocycles. The molecular weight excluding hydrogens is 238 g/mol. The van der Waals surface area contributed by atoms with Crippen LogP contribution in [-0.2, 0) is 0 Å². The van der Waals surface area contributed by atoms with Gasteiger partial charge in [-0.05, 0) is 0 Å². The van der Waals surface area contributed by atoms with Gasteiger partial charge in [-0.15, -0.1) is 10.2 Å². The van der Waals surface area contributed by atoms with Gasteiger partial charge in [0.2, 0.25) is 0 Å². The molecule has 1 aromatic carbocycles. The minimum absolute atomic E-state index is 0.370. The molecule has 84 valence electrons. The molecule has 0 amide bonds. The molecule has 0 aliphatic heterocycles. The number of benzene rings is 1. The van der Waals surface area contributed by atoms with E-state index in [1.165, 1.54) is 6.20 Å². The first-order valence-corrected chi connectivity index (χ1v) is 5.36. The molecule has 17 heavy (non-hydrogen) atoms. The van der Waals surface area contributed by atoms with E-state index in [-0.39, 0.29) is 0 Å². The maximum atomic E-state index is 6.04. The summed E-state index contributed by atoms with van der Waals surface area (Å²) in [4.78, 5) is 0. The topological polar surface area (TPSA) is 69.1 Å². The number of halogens is 1. The fourth-order valence-corrected chi connectivity index (χ4v) is 1.77. The number of fused-ring (bicyclic) bond motifs is 1. The Morgan fingerprint density at radius 1 is 1.12 bits per heavy atom. The van der Waals surface area contributed by atoms with E-state index < -0.39 is 0 Å².